The van der Waals surface area contributed by atoms with E-state index in [1.54, 1.807) is 13.8 Å². The van der Waals surface area contributed by atoms with Gasteiger partial charge in [0.05, 0.1) is 11.8 Å². The van der Waals surface area contributed by atoms with Crippen molar-refractivity contribution >= 4 is 35.4 Å². The number of aryl methyl sites for hydroxylation is 1. The lowest BCUT2D eigenvalue weighted by molar-refractivity contribution is -0.207. The number of aliphatic hydroxyl groups excluding tert-OH is 1. The molecule has 0 saturated heterocycles. The lowest BCUT2D eigenvalue weighted by atomic mass is 9.45. The first-order valence-electron chi connectivity index (χ1n) is 14.3. The number of ketones is 1. The minimum atomic E-state index is -1.51. The lowest BCUT2D eigenvalue weighted by Crippen LogP contribution is -2.66. The van der Waals surface area contributed by atoms with Crippen LogP contribution in [0.5, 0.6) is 0 Å². The molecule has 0 amide bonds. The molecule has 1 aromatic rings. The summed E-state index contributed by atoms with van der Waals surface area (Å²) in [6.07, 6.45) is 6.07. The Bertz CT molecular complexity index is 1230. The average molecular weight is 561 g/mol. The second-order valence-corrected chi connectivity index (χ2v) is 13.3. The molecule has 0 spiro atoms. The van der Waals surface area contributed by atoms with Crippen molar-refractivity contribution in [3.05, 3.63) is 23.0 Å². The van der Waals surface area contributed by atoms with Crippen LogP contribution in [0.1, 0.15) is 78.0 Å². The number of alkyl halides is 1. The van der Waals surface area contributed by atoms with Crippen LogP contribution in [0, 0.1) is 34.5 Å². The van der Waals surface area contributed by atoms with Crippen LogP contribution >= 0.6 is 11.6 Å². The summed E-state index contributed by atoms with van der Waals surface area (Å²) < 4.78 is 13.3. The van der Waals surface area contributed by atoms with E-state index in [-0.39, 0.29) is 47.3 Å². The zero-order chi connectivity index (χ0) is 28.5. The van der Waals surface area contributed by atoms with Crippen molar-refractivity contribution in [2.75, 3.05) is 6.61 Å². The van der Waals surface area contributed by atoms with Crippen molar-refractivity contribution in [1.82, 2.24) is 9.78 Å². The molecule has 0 aliphatic heterocycles. The smallest absolute Gasteiger partial charge is 0.306 e. The monoisotopic (exact) mass is 560 g/mol. The van der Waals surface area contributed by atoms with Crippen LogP contribution in [0.3, 0.4) is 0 Å². The predicted molar refractivity (Wildman–Crippen MR) is 146 cm³/mol. The van der Waals surface area contributed by atoms with Gasteiger partial charge in [-0.15, -0.1) is 11.6 Å². The largest absolute Gasteiger partial charge is 0.457 e. The number of nitrogens with zero attached hydrogens (tertiary/aromatic N) is 2. The molecule has 39 heavy (non-hydrogen) atoms. The highest BCUT2D eigenvalue weighted by Crippen LogP contribution is 2.70. The highest BCUT2D eigenvalue weighted by atomic mass is 35.5. The first-order chi connectivity index (χ1) is 18.3. The summed E-state index contributed by atoms with van der Waals surface area (Å²) in [5.41, 5.74) is 0.662. The third-order valence-electron chi connectivity index (χ3n) is 10.6. The third-order valence-corrected chi connectivity index (χ3v) is 11.1. The normalized spacial score (nSPS) is 40.5. The fraction of sp³-hybridized carbons (Fsp3) is 0.733. The van der Waals surface area contributed by atoms with Gasteiger partial charge in [0, 0.05) is 42.8 Å². The van der Waals surface area contributed by atoms with Crippen molar-refractivity contribution in [3.63, 3.8) is 0 Å². The molecule has 3 fully saturated rings. The molecule has 8 nitrogen and oxygen atoms in total. The maximum atomic E-state index is 14.0. The minimum absolute atomic E-state index is 0.0625. The van der Waals surface area contributed by atoms with Gasteiger partial charge in [-0.05, 0) is 60.5 Å². The average Bonchev–Trinajstić information content (AvgIpc) is 3.33. The zero-order valence-electron chi connectivity index (χ0n) is 23.8. The lowest BCUT2D eigenvalue weighted by Gasteiger charge is -2.61. The van der Waals surface area contributed by atoms with Crippen LogP contribution in [0.25, 0.3) is 6.08 Å². The van der Waals surface area contributed by atoms with E-state index in [0.717, 1.165) is 17.7 Å². The number of esters is 2. The Hall–Kier alpha value is -2.19. The molecule has 0 radical (unpaired) electrons. The number of aromatic nitrogens is 2. The molecule has 4 aliphatic carbocycles. The second-order valence-electron chi connectivity index (χ2n) is 12.7. The number of aliphatic hydroxyl groups is 1. The molecule has 4 aliphatic rings. The Morgan fingerprint density at radius 1 is 1.21 bits per heavy atom. The number of carbonyl (C=O) groups excluding carboxylic acids is 3. The van der Waals surface area contributed by atoms with E-state index in [9.17, 15) is 19.5 Å². The van der Waals surface area contributed by atoms with Crippen molar-refractivity contribution in [3.8, 4) is 0 Å². The summed E-state index contributed by atoms with van der Waals surface area (Å²) in [4.78, 5) is 38.8. The molecule has 9 heteroatoms. The van der Waals surface area contributed by atoms with E-state index in [0.29, 0.717) is 19.3 Å². The number of rotatable bonds is 6. The molecule has 214 valence electrons. The fourth-order valence-corrected chi connectivity index (χ4v) is 9.52. The topological polar surface area (TPSA) is 108 Å². The quantitative estimate of drug-likeness (QED) is 0.409. The predicted octanol–water partition coefficient (Wildman–Crippen LogP) is 4.25. The number of halogens is 1. The van der Waals surface area contributed by atoms with E-state index in [1.807, 2.05) is 25.6 Å². The van der Waals surface area contributed by atoms with Crippen LogP contribution < -0.4 is 0 Å². The molecular formula is C30H41ClN2O6. The molecule has 9 atom stereocenters. The van der Waals surface area contributed by atoms with Gasteiger partial charge in [0.25, 0.3) is 0 Å². The summed E-state index contributed by atoms with van der Waals surface area (Å²) >= 11 is 7.23. The summed E-state index contributed by atoms with van der Waals surface area (Å²) in [7, 11) is 1.92. The molecule has 5 rings (SSSR count). The highest BCUT2D eigenvalue weighted by molar-refractivity contribution is 6.21. The Morgan fingerprint density at radius 3 is 2.56 bits per heavy atom. The number of Topliss-reactive ketones (excluding diaryl/α,β-unsaturated/α-hetero) is 1. The first kappa shape index (κ1) is 28.3. The molecule has 1 N–H and O–H groups in total. The summed E-state index contributed by atoms with van der Waals surface area (Å²) in [6.45, 7) is 9.05. The van der Waals surface area contributed by atoms with Crippen molar-refractivity contribution < 1.29 is 29.0 Å². The molecule has 1 heterocycles. The molecule has 0 unspecified atom stereocenters. The second kappa shape index (κ2) is 9.72. The number of carbonyl (C=O) groups is 3. The fourth-order valence-electron chi connectivity index (χ4n) is 9.02. The summed E-state index contributed by atoms with van der Waals surface area (Å²) in [5, 5.41) is 16.4. The van der Waals surface area contributed by atoms with E-state index < -0.39 is 41.4 Å². The van der Waals surface area contributed by atoms with Crippen LogP contribution in [-0.2, 0) is 37.3 Å². The van der Waals surface area contributed by atoms with E-state index in [1.165, 1.54) is 5.57 Å². The van der Waals surface area contributed by atoms with Gasteiger partial charge in [-0.2, -0.15) is 5.10 Å². The van der Waals surface area contributed by atoms with Crippen molar-refractivity contribution in [2.24, 2.45) is 41.5 Å². The first-order valence-corrected chi connectivity index (χ1v) is 14.7. The van der Waals surface area contributed by atoms with Gasteiger partial charge in [-0.3, -0.25) is 19.1 Å². The van der Waals surface area contributed by atoms with Gasteiger partial charge < -0.3 is 14.6 Å². The van der Waals surface area contributed by atoms with Gasteiger partial charge in [-0.1, -0.05) is 40.2 Å². The van der Waals surface area contributed by atoms with E-state index in [2.05, 4.69) is 24.3 Å². The summed E-state index contributed by atoms with van der Waals surface area (Å²) in [6, 6.07) is 0. The Labute approximate surface area is 235 Å². The zero-order valence-corrected chi connectivity index (χ0v) is 24.6. The van der Waals surface area contributed by atoms with Crippen LogP contribution in [0.4, 0.5) is 0 Å². The molecule has 0 aromatic carbocycles. The third kappa shape index (κ3) is 4.03. The molecular weight excluding hydrogens is 520 g/mol. The van der Waals surface area contributed by atoms with Crippen molar-refractivity contribution in [1.29, 1.82) is 0 Å². The maximum absolute atomic E-state index is 14.0. The van der Waals surface area contributed by atoms with Gasteiger partial charge in [0.2, 0.25) is 5.78 Å². The Kier molecular flexibility index (Phi) is 7.06. The SMILES string of the molecule is CCC(=O)OCC(=O)[C@@]1(OC(=O)CC)[C@H](C)C[C@H]2[C@H]3[C@H]([C@@H](O)C[C@@]21C)[C@@]1(C)Cc2cn(C)nc2C=C1C[C@H]3Cl. The Balaban J connectivity index is 1.57. The number of hydrogen-bond acceptors (Lipinski definition) is 7. The van der Waals surface area contributed by atoms with Crippen LogP contribution in [0.2, 0.25) is 0 Å². The van der Waals surface area contributed by atoms with Gasteiger partial charge in [0.15, 0.2) is 12.2 Å². The minimum Gasteiger partial charge on any atom is -0.457 e. The van der Waals surface area contributed by atoms with Gasteiger partial charge in [-0.25, -0.2) is 0 Å². The number of ether oxygens (including phenoxy) is 2. The molecule has 1 aromatic heterocycles. The van der Waals surface area contributed by atoms with Crippen LogP contribution in [-0.4, -0.2) is 56.3 Å². The highest BCUT2D eigenvalue weighted by Gasteiger charge is 2.74. The molecule has 0 bridgehead atoms. The number of allylic oxidation sites excluding steroid dienone is 1. The Morgan fingerprint density at radius 2 is 1.90 bits per heavy atom. The maximum Gasteiger partial charge on any atom is 0.306 e. The van der Waals surface area contributed by atoms with E-state index >= 15 is 0 Å². The summed E-state index contributed by atoms with van der Waals surface area (Å²) in [5.74, 6) is -1.97. The number of fused-ring (bicyclic) bond motifs is 6. The van der Waals surface area contributed by atoms with Crippen LogP contribution in [0.15, 0.2) is 11.8 Å². The molecule has 3 saturated carbocycles. The van der Waals surface area contributed by atoms with Gasteiger partial charge in [0.1, 0.15) is 0 Å². The number of hydrogen-bond donors (Lipinski definition) is 1. The van der Waals surface area contributed by atoms with Crippen molar-refractivity contribution in [2.45, 2.75) is 90.2 Å². The van der Waals surface area contributed by atoms with E-state index in [4.69, 9.17) is 21.1 Å². The van der Waals surface area contributed by atoms with Gasteiger partial charge >= 0.3 is 11.9 Å². The standard InChI is InChI=1S/C30H41ClN2O6/c1-7-24(36)38-15-23(35)30(39-25(37)8-2)16(3)9-19-26-20(31)10-18-11-21-17(14-33(6)32-21)12-28(18,4)27(26)22(34)13-29(19,30)5/h11,14,16,19-20,22,26-27,34H,7-10,12-13,15H2,1-6H3/t16-,19+,20-,22+,26-,27+,28+,29+,30+/m1/s1.